The van der Waals surface area contributed by atoms with E-state index in [9.17, 15) is 0 Å². The van der Waals surface area contributed by atoms with Gasteiger partial charge in [0, 0.05) is 26.1 Å². The Labute approximate surface area is 91.5 Å². The van der Waals surface area contributed by atoms with Crippen LogP contribution in [0.3, 0.4) is 0 Å². The number of hydrogen-bond donors (Lipinski definition) is 0. The SMILES string of the molecule is COCCN1CCCC(C2OCCO2)C1. The third kappa shape index (κ3) is 3.14. The van der Waals surface area contributed by atoms with E-state index in [4.69, 9.17) is 14.2 Å². The van der Waals surface area contributed by atoms with Crippen LogP contribution >= 0.6 is 0 Å². The molecule has 0 aromatic carbocycles. The fraction of sp³-hybridized carbons (Fsp3) is 1.00. The van der Waals surface area contributed by atoms with Gasteiger partial charge in [0.2, 0.25) is 0 Å². The first-order chi connectivity index (χ1) is 7.40. The highest BCUT2D eigenvalue weighted by Gasteiger charge is 2.30. The molecule has 1 unspecified atom stereocenters. The highest BCUT2D eigenvalue weighted by atomic mass is 16.7. The molecule has 2 rings (SSSR count). The summed E-state index contributed by atoms with van der Waals surface area (Å²) in [6.07, 6.45) is 2.53. The molecule has 0 bridgehead atoms. The Balaban J connectivity index is 1.75. The summed E-state index contributed by atoms with van der Waals surface area (Å²) in [4.78, 5) is 2.45. The Morgan fingerprint density at radius 3 is 2.87 bits per heavy atom. The molecule has 0 aromatic rings. The molecule has 2 saturated heterocycles. The molecule has 4 nitrogen and oxygen atoms in total. The molecule has 0 N–H and O–H groups in total. The second-order valence-corrected chi connectivity index (χ2v) is 4.31. The smallest absolute Gasteiger partial charge is 0.161 e. The van der Waals surface area contributed by atoms with Crippen molar-refractivity contribution < 1.29 is 14.2 Å². The number of methoxy groups -OCH3 is 1. The molecule has 0 amide bonds. The van der Waals surface area contributed by atoms with E-state index in [-0.39, 0.29) is 6.29 Å². The molecule has 0 spiro atoms. The zero-order valence-electron chi connectivity index (χ0n) is 9.48. The fourth-order valence-electron chi connectivity index (χ4n) is 2.39. The maximum absolute atomic E-state index is 5.57. The van der Waals surface area contributed by atoms with Crippen molar-refractivity contribution in [1.29, 1.82) is 0 Å². The van der Waals surface area contributed by atoms with Gasteiger partial charge in [0.05, 0.1) is 19.8 Å². The first-order valence-electron chi connectivity index (χ1n) is 5.84. The van der Waals surface area contributed by atoms with Crippen LogP contribution in [0.4, 0.5) is 0 Å². The van der Waals surface area contributed by atoms with E-state index >= 15 is 0 Å². The average Bonchev–Trinajstić information content (AvgIpc) is 2.80. The molecule has 0 aliphatic carbocycles. The molecule has 88 valence electrons. The number of rotatable bonds is 4. The van der Waals surface area contributed by atoms with Crippen molar-refractivity contribution >= 4 is 0 Å². The number of ether oxygens (including phenoxy) is 3. The molecule has 2 aliphatic heterocycles. The van der Waals surface area contributed by atoms with Gasteiger partial charge in [0.1, 0.15) is 0 Å². The summed E-state index contributed by atoms with van der Waals surface area (Å²) in [7, 11) is 1.75. The van der Waals surface area contributed by atoms with Gasteiger partial charge in [0.25, 0.3) is 0 Å². The standard InChI is InChI=1S/C11H21NO3/c1-13-6-5-12-4-2-3-10(9-12)11-14-7-8-15-11/h10-11H,2-9H2,1H3. The summed E-state index contributed by atoms with van der Waals surface area (Å²) in [5, 5.41) is 0. The van der Waals surface area contributed by atoms with Crippen molar-refractivity contribution in [2.24, 2.45) is 5.92 Å². The van der Waals surface area contributed by atoms with Crippen LogP contribution in [0.5, 0.6) is 0 Å². The van der Waals surface area contributed by atoms with Crippen molar-refractivity contribution in [3.05, 3.63) is 0 Å². The van der Waals surface area contributed by atoms with Gasteiger partial charge in [-0.3, -0.25) is 0 Å². The van der Waals surface area contributed by atoms with Gasteiger partial charge in [-0.1, -0.05) is 0 Å². The maximum Gasteiger partial charge on any atom is 0.161 e. The van der Waals surface area contributed by atoms with Crippen LogP contribution in [0.15, 0.2) is 0 Å². The van der Waals surface area contributed by atoms with Gasteiger partial charge in [-0.25, -0.2) is 0 Å². The Morgan fingerprint density at radius 1 is 1.33 bits per heavy atom. The predicted molar refractivity (Wildman–Crippen MR) is 56.7 cm³/mol. The summed E-state index contributed by atoms with van der Waals surface area (Å²) >= 11 is 0. The molecule has 2 fully saturated rings. The Kier molecular flexibility index (Phi) is 4.38. The van der Waals surface area contributed by atoms with E-state index in [1.54, 1.807) is 7.11 Å². The third-order valence-corrected chi connectivity index (χ3v) is 3.19. The van der Waals surface area contributed by atoms with Gasteiger partial charge in [-0.15, -0.1) is 0 Å². The molecule has 0 aromatic heterocycles. The molecular weight excluding hydrogens is 194 g/mol. The summed E-state index contributed by atoms with van der Waals surface area (Å²) in [6.45, 7) is 5.65. The molecule has 15 heavy (non-hydrogen) atoms. The minimum Gasteiger partial charge on any atom is -0.383 e. The quantitative estimate of drug-likeness (QED) is 0.691. The molecule has 4 heteroatoms. The highest BCUT2D eigenvalue weighted by Crippen LogP contribution is 2.24. The van der Waals surface area contributed by atoms with Crippen molar-refractivity contribution in [3.8, 4) is 0 Å². The van der Waals surface area contributed by atoms with E-state index in [0.29, 0.717) is 5.92 Å². The fourth-order valence-corrected chi connectivity index (χ4v) is 2.39. The summed E-state index contributed by atoms with van der Waals surface area (Å²) in [5.41, 5.74) is 0. The van der Waals surface area contributed by atoms with Crippen molar-refractivity contribution in [2.75, 3.05) is 46.6 Å². The van der Waals surface area contributed by atoms with Crippen LogP contribution in [0.25, 0.3) is 0 Å². The van der Waals surface area contributed by atoms with Gasteiger partial charge >= 0.3 is 0 Å². The number of hydrogen-bond acceptors (Lipinski definition) is 4. The molecule has 2 heterocycles. The van der Waals surface area contributed by atoms with E-state index in [1.165, 1.54) is 19.4 Å². The first-order valence-corrected chi connectivity index (χ1v) is 5.84. The number of nitrogens with zero attached hydrogens (tertiary/aromatic N) is 1. The number of piperidine rings is 1. The van der Waals surface area contributed by atoms with Crippen LogP contribution < -0.4 is 0 Å². The van der Waals surface area contributed by atoms with Crippen LogP contribution in [-0.2, 0) is 14.2 Å². The zero-order valence-corrected chi connectivity index (χ0v) is 9.48. The Bertz CT molecular complexity index is 183. The van der Waals surface area contributed by atoms with Gasteiger partial charge in [-0.05, 0) is 19.4 Å². The van der Waals surface area contributed by atoms with Crippen LogP contribution in [0.1, 0.15) is 12.8 Å². The monoisotopic (exact) mass is 215 g/mol. The predicted octanol–water partition coefficient (Wildman–Crippen LogP) is 0.718. The normalized spacial score (nSPS) is 29.8. The van der Waals surface area contributed by atoms with Gasteiger partial charge in [-0.2, -0.15) is 0 Å². The van der Waals surface area contributed by atoms with E-state index < -0.39 is 0 Å². The summed E-state index contributed by atoms with van der Waals surface area (Å²) in [6, 6.07) is 0. The summed E-state index contributed by atoms with van der Waals surface area (Å²) in [5.74, 6) is 0.554. The molecule has 0 saturated carbocycles. The number of likely N-dealkylation sites (tertiary alicyclic amines) is 1. The zero-order chi connectivity index (χ0) is 10.5. The Hall–Kier alpha value is -0.160. The minimum atomic E-state index is 0.0512. The van der Waals surface area contributed by atoms with Crippen molar-refractivity contribution in [1.82, 2.24) is 4.90 Å². The largest absolute Gasteiger partial charge is 0.383 e. The lowest BCUT2D eigenvalue weighted by Gasteiger charge is -2.34. The second-order valence-electron chi connectivity index (χ2n) is 4.31. The highest BCUT2D eigenvalue weighted by molar-refractivity contribution is 4.76. The van der Waals surface area contributed by atoms with Crippen molar-refractivity contribution in [2.45, 2.75) is 19.1 Å². The Morgan fingerprint density at radius 2 is 2.13 bits per heavy atom. The lowest BCUT2D eigenvalue weighted by atomic mass is 9.97. The van der Waals surface area contributed by atoms with E-state index in [2.05, 4.69) is 4.90 Å². The molecule has 0 radical (unpaired) electrons. The lowest BCUT2D eigenvalue weighted by molar-refractivity contribution is -0.101. The van der Waals surface area contributed by atoms with Gasteiger partial charge < -0.3 is 19.1 Å². The lowest BCUT2D eigenvalue weighted by Crippen LogP contribution is -2.42. The third-order valence-electron chi connectivity index (χ3n) is 3.19. The van der Waals surface area contributed by atoms with E-state index in [1.807, 2.05) is 0 Å². The van der Waals surface area contributed by atoms with Gasteiger partial charge in [0.15, 0.2) is 6.29 Å². The second kappa shape index (κ2) is 5.80. The molecule has 1 atom stereocenters. The first kappa shape index (κ1) is 11.3. The maximum atomic E-state index is 5.57. The topological polar surface area (TPSA) is 30.9 Å². The summed E-state index contributed by atoms with van der Waals surface area (Å²) < 4.78 is 16.2. The van der Waals surface area contributed by atoms with Crippen LogP contribution in [0.2, 0.25) is 0 Å². The van der Waals surface area contributed by atoms with Crippen LogP contribution in [0, 0.1) is 5.92 Å². The minimum absolute atomic E-state index is 0.0512. The molecular formula is C11H21NO3. The molecule has 2 aliphatic rings. The van der Waals surface area contributed by atoms with Crippen LogP contribution in [-0.4, -0.2) is 57.8 Å². The average molecular weight is 215 g/mol. The van der Waals surface area contributed by atoms with E-state index in [0.717, 1.165) is 32.9 Å². The van der Waals surface area contributed by atoms with Crippen molar-refractivity contribution in [3.63, 3.8) is 0 Å².